The molecule has 0 fully saturated rings. The zero-order valence-electron chi connectivity index (χ0n) is 14.4. The molecule has 0 aromatic heterocycles. The molecule has 0 saturated carbocycles. The molecule has 126 valence electrons. The van der Waals surface area contributed by atoms with Crippen LogP contribution in [0.4, 0.5) is 5.69 Å². The van der Waals surface area contributed by atoms with Gasteiger partial charge in [0.05, 0.1) is 14.2 Å². The van der Waals surface area contributed by atoms with Gasteiger partial charge in [0.15, 0.2) is 0 Å². The minimum atomic E-state index is -0.0644. The van der Waals surface area contributed by atoms with Crippen LogP contribution in [0.25, 0.3) is 0 Å². The largest absolute Gasteiger partial charge is 0.497 e. The summed E-state index contributed by atoms with van der Waals surface area (Å²) in [5.41, 5.74) is 4.74. The van der Waals surface area contributed by atoms with Gasteiger partial charge in [-0.25, -0.2) is 0 Å². The first-order chi connectivity index (χ1) is 11.6. The molecule has 0 heterocycles. The number of anilines is 1. The molecule has 1 aliphatic carbocycles. The second kappa shape index (κ2) is 6.95. The van der Waals surface area contributed by atoms with E-state index in [4.69, 9.17) is 9.47 Å². The lowest BCUT2D eigenvalue weighted by Crippen LogP contribution is -2.16. The highest BCUT2D eigenvalue weighted by molar-refractivity contribution is 5.90. The van der Waals surface area contributed by atoms with Gasteiger partial charge in [-0.1, -0.05) is 12.1 Å². The molecule has 24 heavy (non-hydrogen) atoms. The molecular weight excluding hydrogens is 302 g/mol. The van der Waals surface area contributed by atoms with Crippen LogP contribution in [-0.4, -0.2) is 20.1 Å². The summed E-state index contributed by atoms with van der Waals surface area (Å²) in [4.78, 5) is 11.6. The molecule has 1 unspecified atom stereocenters. The molecule has 0 spiro atoms. The van der Waals surface area contributed by atoms with Gasteiger partial charge in [-0.3, -0.25) is 4.79 Å². The van der Waals surface area contributed by atoms with Gasteiger partial charge in [0.2, 0.25) is 5.91 Å². The SMILES string of the molecule is COc1ccc2c(c1)CCC(c1ccc(OC)cc1NC(C)=O)C2. The zero-order valence-corrected chi connectivity index (χ0v) is 14.4. The molecule has 0 aliphatic heterocycles. The third-order valence-corrected chi connectivity index (χ3v) is 4.65. The summed E-state index contributed by atoms with van der Waals surface area (Å²) in [6.45, 7) is 1.53. The first kappa shape index (κ1) is 16.4. The van der Waals surface area contributed by atoms with Crippen LogP contribution in [0.5, 0.6) is 11.5 Å². The number of ether oxygens (including phenoxy) is 2. The molecule has 2 aromatic carbocycles. The van der Waals surface area contributed by atoms with Crippen LogP contribution >= 0.6 is 0 Å². The number of hydrogen-bond donors (Lipinski definition) is 1. The molecule has 1 atom stereocenters. The molecule has 0 radical (unpaired) electrons. The van der Waals surface area contributed by atoms with Crippen molar-refractivity contribution in [2.75, 3.05) is 19.5 Å². The van der Waals surface area contributed by atoms with E-state index < -0.39 is 0 Å². The average molecular weight is 325 g/mol. The lowest BCUT2D eigenvalue weighted by molar-refractivity contribution is -0.114. The molecule has 4 heteroatoms. The molecule has 0 bridgehead atoms. The quantitative estimate of drug-likeness (QED) is 0.926. The van der Waals surface area contributed by atoms with E-state index >= 15 is 0 Å². The Morgan fingerprint density at radius 1 is 1.04 bits per heavy atom. The van der Waals surface area contributed by atoms with Crippen molar-refractivity contribution in [3.05, 3.63) is 53.1 Å². The number of aryl methyl sites for hydroxylation is 1. The molecular formula is C20H23NO3. The number of benzene rings is 2. The van der Waals surface area contributed by atoms with Gasteiger partial charge in [0.25, 0.3) is 0 Å². The van der Waals surface area contributed by atoms with Crippen molar-refractivity contribution in [3.63, 3.8) is 0 Å². The van der Waals surface area contributed by atoms with Gasteiger partial charge in [-0.15, -0.1) is 0 Å². The number of methoxy groups -OCH3 is 2. The summed E-state index contributed by atoms with van der Waals surface area (Å²) in [5.74, 6) is 1.99. The van der Waals surface area contributed by atoms with Crippen molar-refractivity contribution >= 4 is 11.6 Å². The van der Waals surface area contributed by atoms with Crippen molar-refractivity contribution < 1.29 is 14.3 Å². The van der Waals surface area contributed by atoms with Crippen molar-refractivity contribution in [2.45, 2.75) is 32.1 Å². The van der Waals surface area contributed by atoms with Crippen LogP contribution in [0.2, 0.25) is 0 Å². The number of carbonyl (C=O) groups excluding carboxylic acids is 1. The highest BCUT2D eigenvalue weighted by Crippen LogP contribution is 2.38. The topological polar surface area (TPSA) is 47.6 Å². The van der Waals surface area contributed by atoms with Gasteiger partial charge in [-0.2, -0.15) is 0 Å². The summed E-state index contributed by atoms with van der Waals surface area (Å²) in [5, 5.41) is 2.95. The number of fused-ring (bicyclic) bond motifs is 1. The minimum absolute atomic E-state index is 0.0644. The van der Waals surface area contributed by atoms with Crippen molar-refractivity contribution in [3.8, 4) is 11.5 Å². The fourth-order valence-electron chi connectivity index (χ4n) is 3.44. The number of amides is 1. The van der Waals surface area contributed by atoms with Crippen LogP contribution in [0.15, 0.2) is 36.4 Å². The van der Waals surface area contributed by atoms with Gasteiger partial charge < -0.3 is 14.8 Å². The van der Waals surface area contributed by atoms with Crippen molar-refractivity contribution in [1.82, 2.24) is 0 Å². The highest BCUT2D eigenvalue weighted by atomic mass is 16.5. The molecule has 4 nitrogen and oxygen atoms in total. The monoisotopic (exact) mass is 325 g/mol. The standard InChI is InChI=1S/C20H23NO3/c1-13(22)21-20-12-18(24-3)8-9-19(20)16-5-4-15-11-17(23-2)7-6-14(15)10-16/h6-9,11-12,16H,4-5,10H2,1-3H3,(H,21,22). The minimum Gasteiger partial charge on any atom is -0.497 e. The van der Waals surface area contributed by atoms with Gasteiger partial charge >= 0.3 is 0 Å². The summed E-state index contributed by atoms with van der Waals surface area (Å²) in [7, 11) is 3.33. The fourth-order valence-corrected chi connectivity index (χ4v) is 3.44. The average Bonchev–Trinajstić information content (AvgIpc) is 2.60. The Morgan fingerprint density at radius 3 is 2.46 bits per heavy atom. The van der Waals surface area contributed by atoms with Crippen LogP contribution < -0.4 is 14.8 Å². The van der Waals surface area contributed by atoms with Crippen LogP contribution in [-0.2, 0) is 17.6 Å². The molecule has 0 saturated heterocycles. The van der Waals surface area contributed by atoms with Gasteiger partial charge in [0, 0.05) is 18.7 Å². The first-order valence-corrected chi connectivity index (χ1v) is 8.22. The van der Waals surface area contributed by atoms with E-state index in [1.165, 1.54) is 23.6 Å². The van der Waals surface area contributed by atoms with E-state index in [0.717, 1.165) is 36.4 Å². The highest BCUT2D eigenvalue weighted by Gasteiger charge is 2.23. The van der Waals surface area contributed by atoms with E-state index in [9.17, 15) is 4.79 Å². The Kier molecular flexibility index (Phi) is 4.74. The third-order valence-electron chi connectivity index (χ3n) is 4.65. The predicted octanol–water partition coefficient (Wildman–Crippen LogP) is 3.93. The smallest absolute Gasteiger partial charge is 0.221 e. The normalized spacial score (nSPS) is 16.2. The lowest BCUT2D eigenvalue weighted by atomic mass is 9.79. The van der Waals surface area contributed by atoms with E-state index in [2.05, 4.69) is 23.5 Å². The second-order valence-electron chi connectivity index (χ2n) is 6.21. The summed E-state index contributed by atoms with van der Waals surface area (Å²) in [6.07, 6.45) is 3.04. The maximum atomic E-state index is 11.6. The maximum Gasteiger partial charge on any atom is 0.221 e. The number of rotatable bonds is 4. The molecule has 2 aromatic rings. The molecule has 3 rings (SSSR count). The predicted molar refractivity (Wildman–Crippen MR) is 95.1 cm³/mol. The third kappa shape index (κ3) is 3.37. The summed E-state index contributed by atoms with van der Waals surface area (Å²) < 4.78 is 10.6. The van der Waals surface area contributed by atoms with Crippen LogP contribution in [0.3, 0.4) is 0 Å². The van der Waals surface area contributed by atoms with Gasteiger partial charge in [-0.05, 0) is 60.1 Å². The Bertz CT molecular complexity index is 755. The zero-order chi connectivity index (χ0) is 17.1. The molecule has 1 amide bonds. The van der Waals surface area contributed by atoms with Crippen LogP contribution in [0.1, 0.15) is 36.0 Å². The van der Waals surface area contributed by atoms with Crippen LogP contribution in [0, 0.1) is 0 Å². The van der Waals surface area contributed by atoms with Gasteiger partial charge in [0.1, 0.15) is 11.5 Å². The Balaban J connectivity index is 1.90. The van der Waals surface area contributed by atoms with Crippen molar-refractivity contribution in [1.29, 1.82) is 0 Å². The second-order valence-corrected chi connectivity index (χ2v) is 6.21. The van der Waals surface area contributed by atoms with E-state index in [1.807, 2.05) is 18.2 Å². The molecule has 1 aliphatic rings. The number of nitrogens with one attached hydrogen (secondary N) is 1. The first-order valence-electron chi connectivity index (χ1n) is 8.22. The summed E-state index contributed by atoms with van der Waals surface area (Å²) in [6, 6.07) is 12.2. The number of carbonyl (C=O) groups is 1. The van der Waals surface area contributed by atoms with Crippen molar-refractivity contribution in [2.24, 2.45) is 0 Å². The van der Waals surface area contributed by atoms with E-state index in [1.54, 1.807) is 14.2 Å². The van der Waals surface area contributed by atoms with E-state index in [-0.39, 0.29) is 5.91 Å². The Hall–Kier alpha value is -2.49. The summed E-state index contributed by atoms with van der Waals surface area (Å²) >= 11 is 0. The fraction of sp³-hybridized carbons (Fsp3) is 0.350. The number of hydrogen-bond acceptors (Lipinski definition) is 3. The lowest BCUT2D eigenvalue weighted by Gasteiger charge is -2.27. The maximum absolute atomic E-state index is 11.6. The Morgan fingerprint density at radius 2 is 1.75 bits per heavy atom. The molecule has 1 N–H and O–H groups in total. The van der Waals surface area contributed by atoms with E-state index in [0.29, 0.717) is 5.92 Å². The Labute approximate surface area is 142 Å².